The molecule has 4 aromatic rings. The first kappa shape index (κ1) is 22.0. The second-order valence-corrected chi connectivity index (χ2v) is 7.91. The van der Waals surface area contributed by atoms with E-state index in [-0.39, 0.29) is 17.2 Å². The summed E-state index contributed by atoms with van der Waals surface area (Å²) in [7, 11) is 0. The van der Waals surface area contributed by atoms with Crippen molar-refractivity contribution in [3.63, 3.8) is 0 Å². The number of aromatic amines is 1. The van der Waals surface area contributed by atoms with Crippen LogP contribution in [0.25, 0.3) is 11.0 Å². The van der Waals surface area contributed by atoms with Crippen molar-refractivity contribution < 1.29 is 18.7 Å². The standard InChI is InChI=1S/C25H23FN4O3/c1-14(2)16-5-3-4-6-19(16)30-25(32)22(23(27)31)15-7-8-21(18(26)13-15)33-20-10-12-29-24-17(20)9-11-28-24/h3-14,22H,1-2H3,(H2,27,31)(H,28,29)(H,30,32). The molecule has 4 rings (SSSR count). The number of para-hydroxylation sites is 1. The topological polar surface area (TPSA) is 110 Å². The molecule has 0 saturated heterocycles. The van der Waals surface area contributed by atoms with E-state index in [9.17, 15) is 14.0 Å². The lowest BCUT2D eigenvalue weighted by Gasteiger charge is -2.18. The summed E-state index contributed by atoms with van der Waals surface area (Å²) in [6.45, 7) is 3.99. The fourth-order valence-electron chi connectivity index (χ4n) is 3.69. The molecule has 0 aliphatic carbocycles. The van der Waals surface area contributed by atoms with E-state index in [4.69, 9.17) is 10.5 Å². The Morgan fingerprint density at radius 3 is 2.61 bits per heavy atom. The molecule has 0 aliphatic rings. The number of hydrogen-bond donors (Lipinski definition) is 3. The van der Waals surface area contributed by atoms with Crippen molar-refractivity contribution in [3.05, 3.63) is 83.9 Å². The Kier molecular flexibility index (Phi) is 6.08. The Labute approximate surface area is 189 Å². The lowest BCUT2D eigenvalue weighted by molar-refractivity contribution is -0.127. The number of fused-ring (bicyclic) bond motifs is 1. The van der Waals surface area contributed by atoms with Gasteiger partial charge < -0.3 is 20.8 Å². The van der Waals surface area contributed by atoms with Crippen molar-refractivity contribution in [1.29, 1.82) is 0 Å². The summed E-state index contributed by atoms with van der Waals surface area (Å²) < 4.78 is 20.6. The predicted octanol–water partition coefficient (Wildman–Crippen LogP) is 4.83. The average molecular weight is 446 g/mol. The van der Waals surface area contributed by atoms with Crippen molar-refractivity contribution >= 4 is 28.5 Å². The SMILES string of the molecule is CC(C)c1ccccc1NC(=O)C(C(N)=O)c1ccc(Oc2ccnc3[nH]ccc23)c(F)c1. The largest absolute Gasteiger partial charge is 0.453 e. The molecule has 2 aromatic heterocycles. The lowest BCUT2D eigenvalue weighted by atomic mass is 9.96. The molecule has 168 valence electrons. The van der Waals surface area contributed by atoms with Crippen LogP contribution < -0.4 is 15.8 Å². The van der Waals surface area contributed by atoms with Crippen LogP contribution in [0.4, 0.5) is 10.1 Å². The van der Waals surface area contributed by atoms with Crippen molar-refractivity contribution in [2.45, 2.75) is 25.7 Å². The molecular formula is C25H23FN4O3. The van der Waals surface area contributed by atoms with Crippen LogP contribution in [-0.2, 0) is 9.59 Å². The number of hydrogen-bond acceptors (Lipinski definition) is 4. The van der Waals surface area contributed by atoms with Crippen molar-refractivity contribution in [2.75, 3.05) is 5.32 Å². The average Bonchev–Trinajstić information content (AvgIpc) is 3.25. The molecule has 33 heavy (non-hydrogen) atoms. The number of amides is 2. The number of primary amides is 1. The summed E-state index contributed by atoms with van der Waals surface area (Å²) >= 11 is 0. The van der Waals surface area contributed by atoms with Gasteiger partial charge in [0, 0.05) is 18.1 Å². The van der Waals surface area contributed by atoms with Crippen molar-refractivity contribution in [2.24, 2.45) is 5.73 Å². The summed E-state index contributed by atoms with van der Waals surface area (Å²) in [4.78, 5) is 32.2. The van der Waals surface area contributed by atoms with Crippen LogP contribution in [0, 0.1) is 5.82 Å². The number of nitrogens with zero attached hydrogens (tertiary/aromatic N) is 1. The molecule has 0 spiro atoms. The number of carbonyl (C=O) groups is 2. The number of rotatable bonds is 7. The molecule has 0 radical (unpaired) electrons. The van der Waals surface area contributed by atoms with Gasteiger partial charge in [-0.3, -0.25) is 9.59 Å². The number of ether oxygens (including phenoxy) is 1. The van der Waals surface area contributed by atoms with Gasteiger partial charge in [0.1, 0.15) is 17.3 Å². The first-order valence-electron chi connectivity index (χ1n) is 10.4. The van der Waals surface area contributed by atoms with Gasteiger partial charge in [0.2, 0.25) is 11.8 Å². The van der Waals surface area contributed by atoms with E-state index in [1.54, 1.807) is 36.7 Å². The zero-order valence-electron chi connectivity index (χ0n) is 18.1. The minimum Gasteiger partial charge on any atom is -0.453 e. The molecule has 4 N–H and O–H groups in total. The summed E-state index contributed by atoms with van der Waals surface area (Å²) in [5.74, 6) is -3.09. The van der Waals surface area contributed by atoms with Crippen LogP contribution in [0.2, 0.25) is 0 Å². The highest BCUT2D eigenvalue weighted by atomic mass is 19.1. The number of aromatic nitrogens is 2. The molecule has 0 bridgehead atoms. The molecule has 2 aromatic carbocycles. The Balaban J connectivity index is 1.60. The van der Waals surface area contributed by atoms with Gasteiger partial charge >= 0.3 is 0 Å². The minimum absolute atomic E-state index is 0.0544. The number of nitrogens with one attached hydrogen (secondary N) is 2. The number of nitrogens with two attached hydrogens (primary N) is 1. The van der Waals surface area contributed by atoms with Crippen LogP contribution >= 0.6 is 0 Å². The molecule has 1 atom stereocenters. The second-order valence-electron chi connectivity index (χ2n) is 7.91. The van der Waals surface area contributed by atoms with E-state index >= 15 is 0 Å². The van der Waals surface area contributed by atoms with E-state index in [0.717, 1.165) is 11.6 Å². The summed E-state index contributed by atoms with van der Waals surface area (Å²) in [5.41, 5.74) is 7.76. The first-order chi connectivity index (χ1) is 15.8. The van der Waals surface area contributed by atoms with Gasteiger partial charge in [-0.15, -0.1) is 0 Å². The van der Waals surface area contributed by atoms with E-state index in [1.165, 1.54) is 12.1 Å². The number of H-pyrrole nitrogens is 1. The number of anilines is 1. The van der Waals surface area contributed by atoms with E-state index < -0.39 is 23.5 Å². The summed E-state index contributed by atoms with van der Waals surface area (Å²) in [5, 5.41) is 3.45. The van der Waals surface area contributed by atoms with E-state index in [1.807, 2.05) is 26.0 Å². The Morgan fingerprint density at radius 1 is 1.09 bits per heavy atom. The van der Waals surface area contributed by atoms with E-state index in [0.29, 0.717) is 22.5 Å². The van der Waals surface area contributed by atoms with Crippen LogP contribution in [0.5, 0.6) is 11.5 Å². The highest BCUT2D eigenvalue weighted by molar-refractivity contribution is 6.10. The van der Waals surface area contributed by atoms with Crippen LogP contribution in [0.15, 0.2) is 67.0 Å². The van der Waals surface area contributed by atoms with E-state index in [2.05, 4.69) is 15.3 Å². The molecule has 2 heterocycles. The number of benzene rings is 2. The second kappa shape index (κ2) is 9.12. The van der Waals surface area contributed by atoms with Gasteiger partial charge in [0.15, 0.2) is 11.6 Å². The molecule has 2 amide bonds. The maximum absolute atomic E-state index is 14.9. The third kappa shape index (κ3) is 4.55. The predicted molar refractivity (Wildman–Crippen MR) is 124 cm³/mol. The van der Waals surface area contributed by atoms with Gasteiger partial charge in [-0.2, -0.15) is 0 Å². The summed E-state index contributed by atoms with van der Waals surface area (Å²) in [6, 6.07) is 14.6. The first-order valence-corrected chi connectivity index (χ1v) is 10.4. The maximum Gasteiger partial charge on any atom is 0.241 e. The fourth-order valence-corrected chi connectivity index (χ4v) is 3.69. The molecule has 1 unspecified atom stereocenters. The maximum atomic E-state index is 14.9. The van der Waals surface area contributed by atoms with Crippen LogP contribution in [0.3, 0.4) is 0 Å². The quantitative estimate of drug-likeness (QED) is 0.353. The molecule has 0 fully saturated rings. The lowest BCUT2D eigenvalue weighted by Crippen LogP contribution is -2.32. The Hall–Kier alpha value is -4.20. The van der Waals surface area contributed by atoms with Gasteiger partial charge in [0.25, 0.3) is 0 Å². The van der Waals surface area contributed by atoms with Gasteiger partial charge in [-0.25, -0.2) is 9.37 Å². The number of pyridine rings is 1. The summed E-state index contributed by atoms with van der Waals surface area (Å²) in [6.07, 6.45) is 3.25. The molecule has 8 heteroatoms. The normalized spacial score (nSPS) is 12.0. The van der Waals surface area contributed by atoms with Crippen LogP contribution in [-0.4, -0.2) is 21.8 Å². The Morgan fingerprint density at radius 2 is 1.88 bits per heavy atom. The van der Waals surface area contributed by atoms with Crippen LogP contribution in [0.1, 0.15) is 36.8 Å². The monoisotopic (exact) mass is 446 g/mol. The third-order valence-corrected chi connectivity index (χ3v) is 5.32. The molecule has 0 aliphatic heterocycles. The Bertz CT molecular complexity index is 1330. The van der Waals surface area contributed by atoms with Gasteiger partial charge in [-0.1, -0.05) is 38.1 Å². The van der Waals surface area contributed by atoms with Gasteiger partial charge in [-0.05, 0) is 47.4 Å². The zero-order valence-corrected chi connectivity index (χ0v) is 18.1. The number of carbonyl (C=O) groups excluding carboxylic acids is 2. The molecular weight excluding hydrogens is 423 g/mol. The highest BCUT2D eigenvalue weighted by Gasteiger charge is 2.28. The zero-order chi connectivity index (χ0) is 23.5. The smallest absolute Gasteiger partial charge is 0.241 e. The molecule has 7 nitrogen and oxygen atoms in total. The van der Waals surface area contributed by atoms with Gasteiger partial charge in [0.05, 0.1) is 5.39 Å². The van der Waals surface area contributed by atoms with Crippen molar-refractivity contribution in [3.8, 4) is 11.5 Å². The minimum atomic E-state index is -1.37. The van der Waals surface area contributed by atoms with Crippen molar-refractivity contribution in [1.82, 2.24) is 9.97 Å². The third-order valence-electron chi connectivity index (χ3n) is 5.32. The fraction of sp³-hybridized carbons (Fsp3) is 0.160. The molecule has 0 saturated carbocycles. The highest BCUT2D eigenvalue weighted by Crippen LogP contribution is 2.32. The number of halogens is 1.